The molecule has 1 aromatic rings. The molecule has 0 aliphatic heterocycles. The first kappa shape index (κ1) is 9.65. The largest absolute Gasteiger partial charge is 0.325 e. The molecular formula is C10H18N4. The maximum atomic E-state index is 5.75. The number of nitrogens with two attached hydrogens (primary N) is 1. The van der Waals surface area contributed by atoms with Crippen LogP contribution in [0.3, 0.4) is 0 Å². The Morgan fingerprint density at radius 3 is 2.64 bits per heavy atom. The van der Waals surface area contributed by atoms with Crippen LogP contribution in [0, 0.1) is 0 Å². The van der Waals surface area contributed by atoms with E-state index >= 15 is 0 Å². The Morgan fingerprint density at radius 1 is 1.50 bits per heavy atom. The molecular weight excluding hydrogens is 176 g/mol. The van der Waals surface area contributed by atoms with E-state index in [1.54, 1.807) is 0 Å². The molecule has 0 unspecified atom stereocenters. The lowest BCUT2D eigenvalue weighted by Crippen LogP contribution is -2.22. The number of hydrogen-bond acceptors (Lipinski definition) is 3. The Hall–Kier alpha value is -0.900. The third kappa shape index (κ3) is 1.43. The first-order valence-electron chi connectivity index (χ1n) is 5.38. The van der Waals surface area contributed by atoms with Gasteiger partial charge in [0.1, 0.15) is 0 Å². The lowest BCUT2D eigenvalue weighted by atomic mass is 9.93. The summed E-state index contributed by atoms with van der Waals surface area (Å²) in [6.07, 6.45) is 3.77. The van der Waals surface area contributed by atoms with Crippen molar-refractivity contribution in [3.05, 3.63) is 11.4 Å². The van der Waals surface area contributed by atoms with Crippen LogP contribution in [0.1, 0.15) is 56.5 Å². The zero-order valence-corrected chi connectivity index (χ0v) is 8.90. The van der Waals surface area contributed by atoms with Gasteiger partial charge in [-0.1, -0.05) is 19.1 Å². The van der Waals surface area contributed by atoms with Gasteiger partial charge in [-0.2, -0.15) is 0 Å². The summed E-state index contributed by atoms with van der Waals surface area (Å²) >= 11 is 0. The van der Waals surface area contributed by atoms with Crippen LogP contribution in [-0.4, -0.2) is 15.0 Å². The van der Waals surface area contributed by atoms with Crippen molar-refractivity contribution >= 4 is 0 Å². The molecule has 0 aromatic carbocycles. The molecule has 1 aliphatic carbocycles. The second-order valence-corrected chi connectivity index (χ2v) is 4.31. The lowest BCUT2D eigenvalue weighted by molar-refractivity contribution is 0.277. The van der Waals surface area contributed by atoms with Crippen LogP contribution in [-0.2, 0) is 6.54 Å². The summed E-state index contributed by atoms with van der Waals surface area (Å²) in [5, 5.41) is 8.44. The molecule has 1 aliphatic rings. The third-order valence-electron chi connectivity index (χ3n) is 2.98. The Labute approximate surface area is 84.5 Å². The molecule has 0 bridgehead atoms. The van der Waals surface area contributed by atoms with Crippen molar-refractivity contribution in [3.63, 3.8) is 0 Å². The quantitative estimate of drug-likeness (QED) is 0.794. The number of hydrogen-bond donors (Lipinski definition) is 1. The molecule has 4 nitrogen and oxygen atoms in total. The monoisotopic (exact) mass is 194 g/mol. The fourth-order valence-corrected chi connectivity index (χ4v) is 1.90. The fourth-order valence-electron chi connectivity index (χ4n) is 1.90. The minimum Gasteiger partial charge on any atom is -0.325 e. The van der Waals surface area contributed by atoms with Gasteiger partial charge in [-0.3, -0.25) is 0 Å². The van der Waals surface area contributed by atoms with Crippen LogP contribution in [0.2, 0.25) is 0 Å². The minimum atomic E-state index is 0.419. The van der Waals surface area contributed by atoms with Crippen LogP contribution in [0.15, 0.2) is 0 Å². The fraction of sp³-hybridized carbons (Fsp3) is 0.800. The SMILES string of the molecule is CC(C)c1nnn(C2CCC2)c1CN. The van der Waals surface area contributed by atoms with E-state index in [9.17, 15) is 0 Å². The van der Waals surface area contributed by atoms with Gasteiger partial charge in [-0.05, 0) is 25.2 Å². The molecule has 2 rings (SSSR count). The molecule has 0 atom stereocenters. The Morgan fingerprint density at radius 2 is 2.21 bits per heavy atom. The summed E-state index contributed by atoms with van der Waals surface area (Å²) < 4.78 is 2.04. The van der Waals surface area contributed by atoms with Crippen LogP contribution >= 0.6 is 0 Å². The molecule has 1 aromatic heterocycles. The number of aromatic nitrogens is 3. The van der Waals surface area contributed by atoms with Gasteiger partial charge in [0, 0.05) is 6.54 Å². The highest BCUT2D eigenvalue weighted by Crippen LogP contribution is 2.32. The highest BCUT2D eigenvalue weighted by atomic mass is 15.4. The summed E-state index contributed by atoms with van der Waals surface area (Å²) in [6.45, 7) is 4.82. The number of rotatable bonds is 3. The first-order chi connectivity index (χ1) is 6.74. The average Bonchev–Trinajstić information content (AvgIpc) is 2.44. The summed E-state index contributed by atoms with van der Waals surface area (Å²) in [7, 11) is 0. The van der Waals surface area contributed by atoms with E-state index in [2.05, 4.69) is 24.2 Å². The van der Waals surface area contributed by atoms with Crippen molar-refractivity contribution in [3.8, 4) is 0 Å². The number of nitrogens with zero attached hydrogens (tertiary/aromatic N) is 3. The van der Waals surface area contributed by atoms with Crippen molar-refractivity contribution < 1.29 is 0 Å². The van der Waals surface area contributed by atoms with E-state index in [4.69, 9.17) is 5.73 Å². The second kappa shape index (κ2) is 3.69. The highest BCUT2D eigenvalue weighted by Gasteiger charge is 2.25. The molecule has 1 fully saturated rings. The van der Waals surface area contributed by atoms with E-state index in [0.717, 1.165) is 11.4 Å². The van der Waals surface area contributed by atoms with E-state index in [1.807, 2.05) is 4.68 Å². The van der Waals surface area contributed by atoms with Crippen molar-refractivity contribution in [1.82, 2.24) is 15.0 Å². The van der Waals surface area contributed by atoms with E-state index in [1.165, 1.54) is 19.3 Å². The lowest BCUT2D eigenvalue weighted by Gasteiger charge is -2.26. The van der Waals surface area contributed by atoms with Gasteiger partial charge < -0.3 is 5.73 Å². The van der Waals surface area contributed by atoms with E-state index < -0.39 is 0 Å². The molecule has 4 heteroatoms. The molecule has 0 spiro atoms. The average molecular weight is 194 g/mol. The Kier molecular flexibility index (Phi) is 2.54. The molecule has 0 radical (unpaired) electrons. The van der Waals surface area contributed by atoms with Crippen molar-refractivity contribution in [2.75, 3.05) is 0 Å². The van der Waals surface area contributed by atoms with Crippen molar-refractivity contribution in [1.29, 1.82) is 0 Å². The second-order valence-electron chi connectivity index (χ2n) is 4.31. The smallest absolute Gasteiger partial charge is 0.0897 e. The van der Waals surface area contributed by atoms with Crippen LogP contribution in [0.4, 0.5) is 0 Å². The zero-order valence-electron chi connectivity index (χ0n) is 8.90. The van der Waals surface area contributed by atoms with Crippen LogP contribution in [0.5, 0.6) is 0 Å². The minimum absolute atomic E-state index is 0.419. The van der Waals surface area contributed by atoms with E-state index in [-0.39, 0.29) is 0 Å². The van der Waals surface area contributed by atoms with Gasteiger partial charge in [0.2, 0.25) is 0 Å². The maximum Gasteiger partial charge on any atom is 0.0897 e. The van der Waals surface area contributed by atoms with Crippen molar-refractivity contribution in [2.24, 2.45) is 5.73 Å². The van der Waals surface area contributed by atoms with E-state index in [0.29, 0.717) is 18.5 Å². The third-order valence-corrected chi connectivity index (χ3v) is 2.98. The normalized spacial score (nSPS) is 17.4. The van der Waals surface area contributed by atoms with Gasteiger partial charge in [0.15, 0.2) is 0 Å². The first-order valence-corrected chi connectivity index (χ1v) is 5.38. The summed E-state index contributed by atoms with van der Waals surface area (Å²) in [6, 6.07) is 0.563. The van der Waals surface area contributed by atoms with Gasteiger partial charge >= 0.3 is 0 Å². The van der Waals surface area contributed by atoms with Crippen LogP contribution < -0.4 is 5.73 Å². The Balaban J connectivity index is 2.30. The standard InChI is InChI=1S/C10H18N4/c1-7(2)10-9(6-11)14(13-12-10)8-4-3-5-8/h7-8H,3-6,11H2,1-2H3. The summed E-state index contributed by atoms with van der Waals surface area (Å²) in [5.74, 6) is 0.419. The van der Waals surface area contributed by atoms with Gasteiger partial charge in [-0.15, -0.1) is 5.10 Å². The Bertz CT molecular complexity index is 312. The van der Waals surface area contributed by atoms with Gasteiger partial charge in [0.05, 0.1) is 17.4 Å². The van der Waals surface area contributed by atoms with Gasteiger partial charge in [0.25, 0.3) is 0 Å². The van der Waals surface area contributed by atoms with Crippen molar-refractivity contribution in [2.45, 2.75) is 51.6 Å². The molecule has 2 N–H and O–H groups in total. The van der Waals surface area contributed by atoms with Gasteiger partial charge in [-0.25, -0.2) is 4.68 Å². The molecule has 1 heterocycles. The van der Waals surface area contributed by atoms with Crippen LogP contribution in [0.25, 0.3) is 0 Å². The molecule has 78 valence electrons. The summed E-state index contributed by atoms with van der Waals surface area (Å²) in [5.41, 5.74) is 7.95. The molecule has 14 heavy (non-hydrogen) atoms. The predicted octanol–water partition coefficient (Wildman–Crippen LogP) is 1.59. The summed E-state index contributed by atoms with van der Waals surface area (Å²) in [4.78, 5) is 0. The topological polar surface area (TPSA) is 56.7 Å². The maximum absolute atomic E-state index is 5.75. The molecule has 1 saturated carbocycles. The highest BCUT2D eigenvalue weighted by molar-refractivity contribution is 5.14. The molecule has 0 saturated heterocycles. The predicted molar refractivity (Wildman–Crippen MR) is 54.9 cm³/mol. The molecule has 0 amide bonds. The zero-order chi connectivity index (χ0) is 10.1.